The first-order chi connectivity index (χ1) is 11.9. The van der Waals surface area contributed by atoms with E-state index in [4.69, 9.17) is 4.74 Å². The number of alkyl halides is 2. The van der Waals surface area contributed by atoms with Crippen LogP contribution in [-0.4, -0.2) is 57.9 Å². The van der Waals surface area contributed by atoms with Gasteiger partial charge in [-0.05, 0) is 31.0 Å². The zero-order chi connectivity index (χ0) is 18.2. The van der Waals surface area contributed by atoms with Crippen LogP contribution in [-0.2, 0) is 11.8 Å². The summed E-state index contributed by atoms with van der Waals surface area (Å²) in [7, 11) is 3.05. The number of hydrogen-bond donors (Lipinski definition) is 1. The number of aliphatic hydroxyl groups is 1. The predicted molar refractivity (Wildman–Crippen MR) is 87.6 cm³/mol. The van der Waals surface area contributed by atoms with Crippen LogP contribution in [0.1, 0.15) is 35.4 Å². The Morgan fingerprint density at radius 1 is 1.48 bits per heavy atom. The van der Waals surface area contributed by atoms with Crippen LogP contribution in [0, 0.1) is 0 Å². The number of amides is 1. The number of likely N-dealkylation sites (tertiary alicyclic amines) is 1. The van der Waals surface area contributed by atoms with Crippen LogP contribution in [0.2, 0.25) is 0 Å². The summed E-state index contributed by atoms with van der Waals surface area (Å²) < 4.78 is 32.7. The Morgan fingerprint density at radius 2 is 2.24 bits per heavy atom. The van der Waals surface area contributed by atoms with E-state index in [0.29, 0.717) is 36.1 Å². The minimum absolute atomic E-state index is 0.162. The minimum Gasteiger partial charge on any atom is -0.393 e. The minimum atomic E-state index is -2.68. The number of rotatable bonds is 4. The van der Waals surface area contributed by atoms with E-state index in [1.54, 1.807) is 17.0 Å². The first kappa shape index (κ1) is 17.8. The Hall–Kier alpha value is -2.06. The summed E-state index contributed by atoms with van der Waals surface area (Å²) >= 11 is 0. The largest absolute Gasteiger partial charge is 0.393 e. The van der Waals surface area contributed by atoms with Gasteiger partial charge in [-0.1, -0.05) is 0 Å². The van der Waals surface area contributed by atoms with Crippen molar-refractivity contribution >= 4 is 16.9 Å². The molecule has 0 spiro atoms. The molecule has 1 aliphatic heterocycles. The number of piperidine rings is 1. The molecule has 1 fully saturated rings. The highest BCUT2D eigenvalue weighted by atomic mass is 19.3. The van der Waals surface area contributed by atoms with Gasteiger partial charge < -0.3 is 19.3 Å². The molecule has 0 saturated carbocycles. The number of benzene rings is 1. The summed E-state index contributed by atoms with van der Waals surface area (Å²) in [6.45, 7) is 0.693. The van der Waals surface area contributed by atoms with Gasteiger partial charge >= 0.3 is 0 Å². The highest BCUT2D eigenvalue weighted by Gasteiger charge is 2.37. The van der Waals surface area contributed by atoms with Gasteiger partial charge in [-0.3, -0.25) is 4.79 Å². The van der Waals surface area contributed by atoms with E-state index in [1.807, 2.05) is 0 Å². The van der Waals surface area contributed by atoms with Crippen LogP contribution >= 0.6 is 0 Å². The summed E-state index contributed by atoms with van der Waals surface area (Å²) in [5, 5.41) is 9.59. The average molecular weight is 353 g/mol. The fraction of sp³-hybridized carbons (Fsp3) is 0.529. The molecule has 136 valence electrons. The number of carbonyl (C=O) groups excluding carboxylic acids is 1. The van der Waals surface area contributed by atoms with Gasteiger partial charge in [0.2, 0.25) is 0 Å². The summed E-state index contributed by atoms with van der Waals surface area (Å²) in [4.78, 5) is 18.4. The third-order valence-corrected chi connectivity index (χ3v) is 4.91. The Kier molecular flexibility index (Phi) is 4.75. The summed E-state index contributed by atoms with van der Waals surface area (Å²) in [5.74, 6) is -0.544. The summed E-state index contributed by atoms with van der Waals surface area (Å²) in [6, 6.07) is 4.77. The molecule has 1 saturated heterocycles. The predicted octanol–water partition coefficient (Wildman–Crippen LogP) is 2.12. The maximum atomic E-state index is 13.0. The third-order valence-electron chi connectivity index (χ3n) is 4.91. The Balaban J connectivity index is 1.89. The number of ether oxygens (including phenoxy) is 1. The number of aliphatic hydroxyl groups excluding tert-OH is 1. The zero-order valence-electron chi connectivity index (χ0n) is 14.2. The lowest BCUT2D eigenvalue weighted by atomic mass is 9.93. The van der Waals surface area contributed by atoms with Crippen LogP contribution in [0.3, 0.4) is 0 Å². The van der Waals surface area contributed by atoms with Crippen LogP contribution in [0.4, 0.5) is 8.78 Å². The molecule has 1 aromatic carbocycles. The molecule has 1 aromatic heterocycles. The van der Waals surface area contributed by atoms with E-state index in [-0.39, 0.29) is 18.3 Å². The molecule has 8 heteroatoms. The first-order valence-electron chi connectivity index (χ1n) is 8.10. The standard InChI is InChI=1S/C17H21F2N3O3/c1-21-13-5-4-11(8-12(13)20-15(21)14(18)19)16(24)22-7-3-6-17(9-22,10-23)25-2/h4-5,8,14,23H,3,6-7,9-10H2,1-2H3. The van der Waals surface area contributed by atoms with Crippen molar-refractivity contribution in [1.82, 2.24) is 14.5 Å². The molecule has 1 unspecified atom stereocenters. The van der Waals surface area contributed by atoms with Crippen LogP contribution < -0.4 is 0 Å². The molecular weight excluding hydrogens is 332 g/mol. The SMILES string of the molecule is COC1(CO)CCCN(C(=O)c2ccc3c(c2)nc(C(F)F)n3C)C1. The van der Waals surface area contributed by atoms with Crippen molar-refractivity contribution in [3.8, 4) is 0 Å². The second-order valence-corrected chi connectivity index (χ2v) is 6.41. The first-order valence-corrected chi connectivity index (χ1v) is 8.10. The molecule has 0 bridgehead atoms. The van der Waals surface area contributed by atoms with Crippen molar-refractivity contribution in [3.63, 3.8) is 0 Å². The molecule has 1 aliphatic rings. The topological polar surface area (TPSA) is 67.6 Å². The van der Waals surface area contributed by atoms with E-state index < -0.39 is 12.0 Å². The van der Waals surface area contributed by atoms with Crippen molar-refractivity contribution in [1.29, 1.82) is 0 Å². The lowest BCUT2D eigenvalue weighted by molar-refractivity contribution is -0.0883. The number of nitrogens with zero attached hydrogens (tertiary/aromatic N) is 3. The van der Waals surface area contributed by atoms with Crippen LogP contribution in [0.25, 0.3) is 11.0 Å². The maximum Gasteiger partial charge on any atom is 0.295 e. The molecule has 2 aromatic rings. The number of halogens is 2. The van der Waals surface area contributed by atoms with E-state index in [0.717, 1.165) is 6.42 Å². The normalized spacial score (nSPS) is 21.3. The van der Waals surface area contributed by atoms with Gasteiger partial charge in [-0.25, -0.2) is 13.8 Å². The molecule has 6 nitrogen and oxygen atoms in total. The maximum absolute atomic E-state index is 13.0. The Labute approximate surface area is 144 Å². The number of methoxy groups -OCH3 is 1. The van der Waals surface area contributed by atoms with Crippen molar-refractivity contribution < 1.29 is 23.4 Å². The highest BCUT2D eigenvalue weighted by Crippen LogP contribution is 2.27. The lowest BCUT2D eigenvalue weighted by Crippen LogP contribution is -2.53. The smallest absolute Gasteiger partial charge is 0.295 e. The van der Waals surface area contributed by atoms with E-state index in [2.05, 4.69) is 4.98 Å². The molecule has 2 heterocycles. The Bertz CT molecular complexity index is 787. The molecule has 0 radical (unpaired) electrons. The quantitative estimate of drug-likeness (QED) is 0.914. The molecule has 25 heavy (non-hydrogen) atoms. The second kappa shape index (κ2) is 6.68. The molecular formula is C17H21F2N3O3. The highest BCUT2D eigenvalue weighted by molar-refractivity contribution is 5.97. The van der Waals surface area contributed by atoms with Crippen molar-refractivity contribution in [2.75, 3.05) is 26.8 Å². The number of imidazole rings is 1. The van der Waals surface area contributed by atoms with E-state index in [9.17, 15) is 18.7 Å². The summed E-state index contributed by atoms with van der Waals surface area (Å²) in [5.41, 5.74) is 0.551. The molecule has 3 rings (SSSR count). The van der Waals surface area contributed by atoms with Gasteiger partial charge in [-0.2, -0.15) is 0 Å². The van der Waals surface area contributed by atoms with Gasteiger partial charge in [0.25, 0.3) is 12.3 Å². The third kappa shape index (κ3) is 3.11. The van der Waals surface area contributed by atoms with Gasteiger partial charge in [-0.15, -0.1) is 0 Å². The monoisotopic (exact) mass is 353 g/mol. The number of aromatic nitrogens is 2. The average Bonchev–Trinajstić information content (AvgIpc) is 2.97. The van der Waals surface area contributed by atoms with Crippen molar-refractivity contribution in [3.05, 3.63) is 29.6 Å². The van der Waals surface area contributed by atoms with Crippen molar-refractivity contribution in [2.45, 2.75) is 24.9 Å². The number of carbonyl (C=O) groups is 1. The van der Waals surface area contributed by atoms with Gasteiger partial charge in [0.05, 0.1) is 24.2 Å². The number of fused-ring (bicyclic) bond motifs is 1. The summed E-state index contributed by atoms with van der Waals surface area (Å²) in [6.07, 6.45) is -1.27. The van der Waals surface area contributed by atoms with Crippen LogP contribution in [0.5, 0.6) is 0 Å². The molecule has 1 N–H and O–H groups in total. The van der Waals surface area contributed by atoms with E-state index in [1.165, 1.54) is 24.8 Å². The zero-order valence-corrected chi connectivity index (χ0v) is 14.2. The molecule has 0 aliphatic carbocycles. The van der Waals surface area contributed by atoms with Crippen molar-refractivity contribution in [2.24, 2.45) is 7.05 Å². The Morgan fingerprint density at radius 3 is 2.88 bits per heavy atom. The van der Waals surface area contributed by atoms with E-state index >= 15 is 0 Å². The molecule has 1 amide bonds. The lowest BCUT2D eigenvalue weighted by Gasteiger charge is -2.40. The van der Waals surface area contributed by atoms with Gasteiger partial charge in [0.1, 0.15) is 5.60 Å². The van der Waals surface area contributed by atoms with Crippen LogP contribution in [0.15, 0.2) is 18.2 Å². The number of hydrogen-bond acceptors (Lipinski definition) is 4. The molecule has 1 atom stereocenters. The second-order valence-electron chi connectivity index (χ2n) is 6.41. The van der Waals surface area contributed by atoms with Gasteiger partial charge in [0.15, 0.2) is 5.82 Å². The number of aryl methyl sites for hydroxylation is 1. The fourth-order valence-electron chi connectivity index (χ4n) is 3.36. The van der Waals surface area contributed by atoms with Gasteiger partial charge in [0, 0.05) is 26.3 Å². The fourth-order valence-corrected chi connectivity index (χ4v) is 3.36.